The van der Waals surface area contributed by atoms with Crippen molar-refractivity contribution in [2.75, 3.05) is 0 Å². The zero-order valence-electron chi connectivity index (χ0n) is 29.9. The maximum atomic E-state index is 13.1. The van der Waals surface area contributed by atoms with Crippen LogP contribution in [0.2, 0.25) is 5.02 Å². The van der Waals surface area contributed by atoms with E-state index in [0.717, 1.165) is 73.5 Å². The summed E-state index contributed by atoms with van der Waals surface area (Å²) in [5.41, 5.74) is 7.89. The van der Waals surface area contributed by atoms with Crippen LogP contribution in [0.15, 0.2) is 65.8 Å². The molecule has 1 saturated heterocycles. The molecule has 0 aliphatic carbocycles. The normalized spacial score (nSPS) is 17.3. The van der Waals surface area contributed by atoms with E-state index in [1.165, 1.54) is 0 Å². The van der Waals surface area contributed by atoms with Gasteiger partial charge in [0.15, 0.2) is 5.82 Å². The number of aromatic nitrogens is 4. The summed E-state index contributed by atoms with van der Waals surface area (Å²) in [6.45, 7) is 6.38. The summed E-state index contributed by atoms with van der Waals surface area (Å²) in [6, 6.07) is 16.4. The van der Waals surface area contributed by atoms with Crippen LogP contribution < -0.4 is 5.32 Å². The quantitative estimate of drug-likeness (QED) is 0.125. The lowest BCUT2D eigenvalue weighted by atomic mass is 9.99. The topological polar surface area (TPSA) is 122 Å². The number of thiophene rings is 1. The SMILES string of the molecule is Cc1c(C#Cc2ccc(CCCC#Cc3cccc4c3CN(C3CCC(=O)NC3=O)C4=O)cn2)sc2c1C(c1ccc(Cl)cc1)=N[C@@H](C)c1nnc(C)n1-2. The van der Waals surface area contributed by atoms with Crippen molar-refractivity contribution in [3.05, 3.63) is 127 Å². The third-order valence-electron chi connectivity index (χ3n) is 9.93. The highest BCUT2D eigenvalue weighted by atomic mass is 35.5. The minimum absolute atomic E-state index is 0.184. The number of hydrogen-bond donors (Lipinski definition) is 1. The smallest absolute Gasteiger partial charge is 0.255 e. The summed E-state index contributed by atoms with van der Waals surface area (Å²) in [4.78, 5) is 49.4. The number of unbranched alkanes of at least 4 members (excludes halogenated alkanes) is 1. The molecule has 8 rings (SSSR count). The largest absolute Gasteiger partial charge is 0.322 e. The van der Waals surface area contributed by atoms with Gasteiger partial charge >= 0.3 is 0 Å². The fraction of sp³-hybridized carbons (Fsp3) is 0.262. The molecule has 268 valence electrons. The number of rotatable bonds is 5. The molecule has 5 aromatic rings. The Hall–Kier alpha value is -5.88. The van der Waals surface area contributed by atoms with Crippen molar-refractivity contribution in [1.29, 1.82) is 0 Å². The molecule has 3 aliphatic rings. The molecule has 6 heterocycles. The van der Waals surface area contributed by atoms with E-state index in [4.69, 9.17) is 16.6 Å². The Morgan fingerprint density at radius 1 is 1.00 bits per heavy atom. The molecule has 3 aliphatic heterocycles. The van der Waals surface area contributed by atoms with Crippen molar-refractivity contribution in [2.45, 2.75) is 71.5 Å². The molecule has 2 aromatic carbocycles. The number of carbonyl (C=O) groups is 3. The van der Waals surface area contributed by atoms with Crippen LogP contribution in [0.4, 0.5) is 0 Å². The third kappa shape index (κ3) is 6.62. The van der Waals surface area contributed by atoms with Crippen LogP contribution in [0.1, 0.15) is 105 Å². The number of piperidine rings is 1. The van der Waals surface area contributed by atoms with Gasteiger partial charge in [0.25, 0.3) is 5.91 Å². The molecule has 1 fully saturated rings. The third-order valence-corrected chi connectivity index (χ3v) is 11.4. The molecule has 0 bridgehead atoms. The molecular weight excluding hydrogens is 718 g/mol. The highest BCUT2D eigenvalue weighted by molar-refractivity contribution is 7.15. The van der Waals surface area contributed by atoms with Gasteiger partial charge in [-0.3, -0.25) is 29.3 Å². The highest BCUT2D eigenvalue weighted by Gasteiger charge is 2.39. The molecule has 12 heteroatoms. The van der Waals surface area contributed by atoms with Crippen molar-refractivity contribution in [3.8, 4) is 28.7 Å². The fourth-order valence-corrected chi connectivity index (χ4v) is 8.45. The average Bonchev–Trinajstić information content (AvgIpc) is 3.79. The van der Waals surface area contributed by atoms with Gasteiger partial charge in [0.1, 0.15) is 28.6 Å². The number of nitrogens with zero attached hydrogens (tertiary/aromatic N) is 6. The predicted octanol–water partition coefficient (Wildman–Crippen LogP) is 6.44. The first-order valence-corrected chi connectivity index (χ1v) is 19.0. The summed E-state index contributed by atoms with van der Waals surface area (Å²) in [6.07, 6.45) is 4.75. The van der Waals surface area contributed by atoms with Gasteiger partial charge in [0.2, 0.25) is 11.8 Å². The van der Waals surface area contributed by atoms with Gasteiger partial charge < -0.3 is 4.90 Å². The van der Waals surface area contributed by atoms with Gasteiger partial charge in [0, 0.05) is 52.9 Å². The Morgan fingerprint density at radius 3 is 2.61 bits per heavy atom. The summed E-state index contributed by atoms with van der Waals surface area (Å²) in [5.74, 6) is 13.8. The first-order chi connectivity index (χ1) is 26.2. The van der Waals surface area contributed by atoms with E-state index >= 15 is 0 Å². The van der Waals surface area contributed by atoms with E-state index in [1.54, 1.807) is 22.3 Å². The second-order valence-electron chi connectivity index (χ2n) is 13.5. The van der Waals surface area contributed by atoms with Gasteiger partial charge in [-0.15, -0.1) is 21.5 Å². The van der Waals surface area contributed by atoms with Crippen LogP contribution in [-0.4, -0.2) is 54.1 Å². The molecule has 1 unspecified atom stereocenters. The number of pyridine rings is 1. The van der Waals surface area contributed by atoms with E-state index in [2.05, 4.69) is 61.7 Å². The first kappa shape index (κ1) is 35.2. The zero-order valence-corrected chi connectivity index (χ0v) is 31.4. The summed E-state index contributed by atoms with van der Waals surface area (Å²) >= 11 is 7.83. The maximum absolute atomic E-state index is 13.1. The molecule has 3 amide bonds. The maximum Gasteiger partial charge on any atom is 0.255 e. The van der Waals surface area contributed by atoms with Gasteiger partial charge in [-0.05, 0) is 98.9 Å². The molecule has 2 atom stereocenters. The molecule has 0 radical (unpaired) electrons. The Balaban J connectivity index is 0.938. The van der Waals surface area contributed by atoms with E-state index < -0.39 is 11.9 Å². The van der Waals surface area contributed by atoms with Gasteiger partial charge in [0.05, 0.1) is 10.6 Å². The lowest BCUT2D eigenvalue weighted by molar-refractivity contribution is -0.136. The van der Waals surface area contributed by atoms with Crippen molar-refractivity contribution in [3.63, 3.8) is 0 Å². The molecule has 0 saturated carbocycles. The number of fused-ring (bicyclic) bond motifs is 4. The number of aliphatic imine (C=N–C) groups is 1. The molecule has 0 spiro atoms. The average molecular weight is 752 g/mol. The van der Waals surface area contributed by atoms with Crippen molar-refractivity contribution in [2.24, 2.45) is 4.99 Å². The molecule has 1 N–H and O–H groups in total. The molecule has 3 aromatic heterocycles. The zero-order chi connectivity index (χ0) is 37.5. The minimum Gasteiger partial charge on any atom is -0.322 e. The number of hydrogen-bond acceptors (Lipinski definition) is 8. The number of halogens is 1. The van der Waals surface area contributed by atoms with Gasteiger partial charge in [-0.1, -0.05) is 47.7 Å². The van der Waals surface area contributed by atoms with Crippen LogP contribution >= 0.6 is 22.9 Å². The Labute approximate surface area is 321 Å². The lowest BCUT2D eigenvalue weighted by Gasteiger charge is -2.29. The molecule has 54 heavy (non-hydrogen) atoms. The van der Waals surface area contributed by atoms with E-state index in [-0.39, 0.29) is 24.3 Å². The second-order valence-corrected chi connectivity index (χ2v) is 15.0. The van der Waals surface area contributed by atoms with E-state index in [0.29, 0.717) is 35.7 Å². The number of carbonyl (C=O) groups excluding carboxylic acids is 3. The first-order valence-electron chi connectivity index (χ1n) is 17.8. The second kappa shape index (κ2) is 14.5. The van der Waals surface area contributed by atoms with Crippen LogP contribution in [0.25, 0.3) is 5.00 Å². The van der Waals surface area contributed by atoms with E-state index in [1.807, 2.05) is 62.5 Å². The number of amides is 3. The summed E-state index contributed by atoms with van der Waals surface area (Å²) in [5, 5.41) is 12.9. The molecular formula is C42H34ClN7O3S. The van der Waals surface area contributed by atoms with Crippen LogP contribution in [0, 0.1) is 37.5 Å². The van der Waals surface area contributed by atoms with Crippen molar-refractivity contribution < 1.29 is 14.4 Å². The van der Waals surface area contributed by atoms with Crippen LogP contribution in [0.3, 0.4) is 0 Å². The van der Waals surface area contributed by atoms with Gasteiger partial charge in [-0.2, -0.15) is 0 Å². The number of benzene rings is 2. The Kier molecular flexibility index (Phi) is 9.45. The van der Waals surface area contributed by atoms with Crippen molar-refractivity contribution >= 4 is 46.4 Å². The van der Waals surface area contributed by atoms with E-state index in [9.17, 15) is 14.4 Å². The number of aryl methyl sites for hydroxylation is 2. The number of nitrogens with one attached hydrogen (secondary N) is 1. The summed E-state index contributed by atoms with van der Waals surface area (Å²) in [7, 11) is 0. The summed E-state index contributed by atoms with van der Waals surface area (Å²) < 4.78 is 2.09. The fourth-order valence-electron chi connectivity index (χ4n) is 7.11. The van der Waals surface area contributed by atoms with Crippen LogP contribution in [0.5, 0.6) is 0 Å². The monoisotopic (exact) mass is 751 g/mol. The number of imide groups is 1. The highest BCUT2D eigenvalue weighted by Crippen LogP contribution is 2.39. The van der Waals surface area contributed by atoms with Crippen LogP contribution in [-0.2, 0) is 22.6 Å². The predicted molar refractivity (Wildman–Crippen MR) is 207 cm³/mol. The molecule has 10 nitrogen and oxygen atoms in total. The standard InChI is InChI=1S/C42H34ClN7O3S/c1-24-35(54-42-37(24)38(29-13-15-30(43)16-14-29)45-25(2)39-48-47-26(3)50(39)42)20-18-31-17-12-27(22-44-31)8-5-4-6-9-28-10-7-11-32-33(28)23-49(41(32)53)34-19-21-36(51)46-40(34)52/h7,10-17,22,25,34H,4-5,8,19,21,23H2,1-3H3,(H,46,51,52)/t25-,34?/m0/s1. The lowest BCUT2D eigenvalue weighted by Crippen LogP contribution is -2.52. The van der Waals surface area contributed by atoms with Crippen molar-refractivity contribution in [1.82, 2.24) is 30.0 Å². The Morgan fingerprint density at radius 2 is 1.83 bits per heavy atom. The Bertz CT molecular complexity index is 2510. The van der Waals surface area contributed by atoms with Gasteiger partial charge in [-0.25, -0.2) is 4.98 Å². The minimum atomic E-state index is -0.648.